The van der Waals surface area contributed by atoms with Crippen LogP contribution in [0.2, 0.25) is 0 Å². The first-order chi connectivity index (χ1) is 7.92. The van der Waals surface area contributed by atoms with Crippen LogP contribution >= 0.6 is 0 Å². The maximum Gasteiger partial charge on any atom is 0.225 e. The smallest absolute Gasteiger partial charge is 0.225 e. The summed E-state index contributed by atoms with van der Waals surface area (Å²) in [7, 11) is 0. The molecule has 5 heteroatoms. The number of primary amides is 1. The molecule has 2 atom stereocenters. The number of carbonyl (C=O) groups is 2. The standard InChI is InChI=1S/C12H21N3O2/c1-12(11(14)17)4-5-15(7-12)10(16)6-9(13)8-2-3-8/h8-9H,2-7,13H2,1H3,(H2,14,17). The van der Waals surface area contributed by atoms with E-state index in [0.717, 1.165) is 12.8 Å². The molecule has 1 saturated heterocycles. The van der Waals surface area contributed by atoms with E-state index in [9.17, 15) is 9.59 Å². The van der Waals surface area contributed by atoms with Gasteiger partial charge in [0, 0.05) is 25.6 Å². The molecule has 1 aliphatic heterocycles. The molecule has 2 unspecified atom stereocenters. The van der Waals surface area contributed by atoms with Crippen LogP contribution in [0.4, 0.5) is 0 Å². The zero-order valence-corrected chi connectivity index (χ0v) is 10.3. The predicted octanol–water partition coefficient (Wildman–Crippen LogP) is -0.162. The van der Waals surface area contributed by atoms with Crippen molar-refractivity contribution in [3.05, 3.63) is 0 Å². The van der Waals surface area contributed by atoms with E-state index < -0.39 is 5.41 Å². The van der Waals surface area contributed by atoms with E-state index in [4.69, 9.17) is 11.5 Å². The lowest BCUT2D eigenvalue weighted by Gasteiger charge is -2.22. The minimum absolute atomic E-state index is 0.0112. The van der Waals surface area contributed by atoms with Gasteiger partial charge < -0.3 is 16.4 Å². The van der Waals surface area contributed by atoms with E-state index >= 15 is 0 Å². The normalized spacial score (nSPS) is 30.4. The van der Waals surface area contributed by atoms with Gasteiger partial charge in [-0.1, -0.05) is 0 Å². The van der Waals surface area contributed by atoms with Gasteiger partial charge in [0.15, 0.2) is 0 Å². The molecule has 0 radical (unpaired) electrons. The Hall–Kier alpha value is -1.10. The van der Waals surface area contributed by atoms with Gasteiger partial charge >= 0.3 is 0 Å². The Morgan fingerprint density at radius 1 is 1.47 bits per heavy atom. The largest absolute Gasteiger partial charge is 0.369 e. The van der Waals surface area contributed by atoms with E-state index in [1.165, 1.54) is 0 Å². The fourth-order valence-electron chi connectivity index (χ4n) is 2.40. The molecule has 96 valence electrons. The fraction of sp³-hybridized carbons (Fsp3) is 0.833. The SMILES string of the molecule is CC1(C(N)=O)CCN(C(=O)CC(N)C2CC2)C1. The van der Waals surface area contributed by atoms with E-state index in [-0.39, 0.29) is 17.9 Å². The highest BCUT2D eigenvalue weighted by Gasteiger charge is 2.41. The van der Waals surface area contributed by atoms with Gasteiger partial charge in [-0.05, 0) is 32.1 Å². The van der Waals surface area contributed by atoms with Crippen molar-refractivity contribution in [2.24, 2.45) is 22.8 Å². The second-order valence-corrected chi connectivity index (χ2v) is 5.70. The third-order valence-corrected chi connectivity index (χ3v) is 4.06. The highest BCUT2D eigenvalue weighted by molar-refractivity contribution is 5.83. The van der Waals surface area contributed by atoms with Gasteiger partial charge in [-0.2, -0.15) is 0 Å². The molecule has 0 aromatic heterocycles. The third-order valence-electron chi connectivity index (χ3n) is 4.06. The Bertz CT molecular complexity index is 341. The molecule has 1 aliphatic carbocycles. The lowest BCUT2D eigenvalue weighted by molar-refractivity contribution is -0.132. The molecule has 5 nitrogen and oxygen atoms in total. The monoisotopic (exact) mass is 239 g/mol. The van der Waals surface area contributed by atoms with Crippen molar-refractivity contribution < 1.29 is 9.59 Å². The molecule has 2 aliphatic rings. The van der Waals surface area contributed by atoms with Crippen LogP contribution in [0.3, 0.4) is 0 Å². The summed E-state index contributed by atoms with van der Waals surface area (Å²) in [4.78, 5) is 25.0. The number of nitrogens with two attached hydrogens (primary N) is 2. The molecule has 17 heavy (non-hydrogen) atoms. The average molecular weight is 239 g/mol. The zero-order chi connectivity index (χ0) is 12.6. The molecule has 0 aromatic rings. The third kappa shape index (κ3) is 2.60. The van der Waals surface area contributed by atoms with Crippen LogP contribution in [0, 0.1) is 11.3 Å². The summed E-state index contributed by atoms with van der Waals surface area (Å²) >= 11 is 0. The van der Waals surface area contributed by atoms with Gasteiger partial charge in [-0.25, -0.2) is 0 Å². The van der Waals surface area contributed by atoms with Crippen LogP contribution in [-0.2, 0) is 9.59 Å². The molecule has 0 spiro atoms. The van der Waals surface area contributed by atoms with Gasteiger partial charge in [-0.15, -0.1) is 0 Å². The molecule has 2 rings (SSSR count). The van der Waals surface area contributed by atoms with Gasteiger partial charge in [0.2, 0.25) is 11.8 Å². The lowest BCUT2D eigenvalue weighted by atomic mass is 9.89. The number of rotatable bonds is 4. The van der Waals surface area contributed by atoms with Gasteiger partial charge in [-0.3, -0.25) is 9.59 Å². The Balaban J connectivity index is 1.87. The van der Waals surface area contributed by atoms with Crippen molar-refractivity contribution in [2.45, 2.75) is 38.6 Å². The first-order valence-corrected chi connectivity index (χ1v) is 6.26. The van der Waals surface area contributed by atoms with Crippen molar-refractivity contribution in [1.29, 1.82) is 0 Å². The molecule has 2 fully saturated rings. The number of likely N-dealkylation sites (tertiary alicyclic amines) is 1. The molecule has 1 saturated carbocycles. The van der Waals surface area contributed by atoms with Crippen molar-refractivity contribution in [3.63, 3.8) is 0 Å². The van der Waals surface area contributed by atoms with Crippen LogP contribution in [0.5, 0.6) is 0 Å². The summed E-state index contributed by atoms with van der Waals surface area (Å²) in [6, 6.07) is -0.0112. The minimum atomic E-state index is -0.556. The highest BCUT2D eigenvalue weighted by atomic mass is 16.2. The van der Waals surface area contributed by atoms with Crippen molar-refractivity contribution in [1.82, 2.24) is 4.90 Å². The second-order valence-electron chi connectivity index (χ2n) is 5.70. The first-order valence-electron chi connectivity index (χ1n) is 6.26. The van der Waals surface area contributed by atoms with Crippen LogP contribution in [-0.4, -0.2) is 35.8 Å². The quantitative estimate of drug-likeness (QED) is 0.714. The van der Waals surface area contributed by atoms with E-state index in [2.05, 4.69) is 0 Å². The Morgan fingerprint density at radius 3 is 2.59 bits per heavy atom. The van der Waals surface area contributed by atoms with Crippen molar-refractivity contribution in [3.8, 4) is 0 Å². The number of carbonyl (C=O) groups excluding carboxylic acids is 2. The summed E-state index contributed by atoms with van der Waals surface area (Å²) in [5.41, 5.74) is 10.7. The highest BCUT2D eigenvalue weighted by Crippen LogP contribution is 2.34. The Labute approximate surface area is 102 Å². The molecular weight excluding hydrogens is 218 g/mol. The predicted molar refractivity (Wildman–Crippen MR) is 63.8 cm³/mol. The summed E-state index contributed by atoms with van der Waals surface area (Å²) in [5.74, 6) is 0.276. The summed E-state index contributed by atoms with van der Waals surface area (Å²) in [6.45, 7) is 2.89. The Kier molecular flexibility index (Phi) is 3.12. The zero-order valence-electron chi connectivity index (χ0n) is 10.3. The molecule has 2 amide bonds. The molecule has 4 N–H and O–H groups in total. The van der Waals surface area contributed by atoms with Crippen LogP contribution in [0.15, 0.2) is 0 Å². The van der Waals surface area contributed by atoms with Crippen molar-refractivity contribution in [2.75, 3.05) is 13.1 Å². The number of hydrogen-bond donors (Lipinski definition) is 2. The first kappa shape index (κ1) is 12.4. The second kappa shape index (κ2) is 4.29. The average Bonchev–Trinajstić information content (AvgIpc) is 3.02. The van der Waals surface area contributed by atoms with Gasteiger partial charge in [0.1, 0.15) is 0 Å². The maximum absolute atomic E-state index is 12.0. The number of hydrogen-bond acceptors (Lipinski definition) is 3. The van der Waals surface area contributed by atoms with Gasteiger partial charge in [0.25, 0.3) is 0 Å². The van der Waals surface area contributed by atoms with E-state index in [1.807, 2.05) is 6.92 Å². The maximum atomic E-state index is 12.0. The Morgan fingerprint density at radius 2 is 2.12 bits per heavy atom. The molecular formula is C12H21N3O2. The van der Waals surface area contributed by atoms with Crippen LogP contribution < -0.4 is 11.5 Å². The van der Waals surface area contributed by atoms with Crippen LogP contribution in [0.25, 0.3) is 0 Å². The topological polar surface area (TPSA) is 89.4 Å². The lowest BCUT2D eigenvalue weighted by Crippen LogP contribution is -2.40. The number of nitrogens with zero attached hydrogens (tertiary/aromatic N) is 1. The van der Waals surface area contributed by atoms with Crippen molar-refractivity contribution >= 4 is 11.8 Å². The molecule has 1 heterocycles. The fourth-order valence-corrected chi connectivity index (χ4v) is 2.40. The number of amides is 2. The summed E-state index contributed by atoms with van der Waals surface area (Å²) < 4.78 is 0. The molecule has 0 aromatic carbocycles. The van der Waals surface area contributed by atoms with E-state index in [1.54, 1.807) is 4.90 Å². The minimum Gasteiger partial charge on any atom is -0.369 e. The van der Waals surface area contributed by atoms with E-state index in [0.29, 0.717) is 31.8 Å². The van der Waals surface area contributed by atoms with Gasteiger partial charge in [0.05, 0.1) is 5.41 Å². The summed E-state index contributed by atoms with van der Waals surface area (Å²) in [6.07, 6.45) is 3.35. The summed E-state index contributed by atoms with van der Waals surface area (Å²) in [5, 5.41) is 0. The molecule has 0 bridgehead atoms. The van der Waals surface area contributed by atoms with Crippen LogP contribution in [0.1, 0.15) is 32.6 Å².